The first-order valence-electron chi connectivity index (χ1n) is 3.47. The number of hydrogen-bond donors (Lipinski definition) is 0. The van der Waals surface area contributed by atoms with Gasteiger partial charge in [0.05, 0.1) is 14.2 Å². The fraction of sp³-hybridized carbons (Fsp3) is 0.714. The maximum absolute atomic E-state index is 4.98. The molecule has 0 fully saturated rings. The molecule has 1 unspecified atom stereocenters. The minimum atomic E-state index is -0.0105. The van der Waals surface area contributed by atoms with E-state index in [1.54, 1.807) is 14.2 Å². The third-order valence-corrected chi connectivity index (χ3v) is 1.51. The molecule has 0 saturated heterocycles. The molecule has 1 aliphatic rings. The largest absolute Gasteiger partial charge is 0.483 e. The summed E-state index contributed by atoms with van der Waals surface area (Å²) in [4.78, 5) is 8.31. The van der Waals surface area contributed by atoms with Crippen molar-refractivity contribution in [3.63, 3.8) is 0 Å². The molecular weight excluding hydrogens is 144 g/mol. The lowest BCUT2D eigenvalue weighted by Gasteiger charge is -2.15. The molecule has 4 nitrogen and oxygen atoms in total. The second-order valence-corrected chi connectivity index (χ2v) is 2.26. The first-order chi connectivity index (χ1) is 5.27. The maximum atomic E-state index is 4.98. The summed E-state index contributed by atoms with van der Waals surface area (Å²) in [5.41, 5.74) is 0. The Morgan fingerprint density at radius 2 is 2.09 bits per heavy atom. The molecule has 1 heterocycles. The second-order valence-electron chi connectivity index (χ2n) is 2.26. The predicted molar refractivity (Wildman–Crippen MR) is 43.2 cm³/mol. The first-order valence-corrected chi connectivity index (χ1v) is 3.47. The molecular formula is C7H12N2O2. The van der Waals surface area contributed by atoms with E-state index in [0.29, 0.717) is 18.3 Å². The third-order valence-electron chi connectivity index (χ3n) is 1.51. The third kappa shape index (κ3) is 1.69. The fourth-order valence-electron chi connectivity index (χ4n) is 0.942. The number of hydrogen-bond acceptors (Lipinski definition) is 4. The van der Waals surface area contributed by atoms with Crippen LogP contribution in [0.4, 0.5) is 0 Å². The van der Waals surface area contributed by atoms with Crippen LogP contribution in [0, 0.1) is 0 Å². The van der Waals surface area contributed by atoms with Crippen molar-refractivity contribution in [2.24, 2.45) is 9.98 Å². The fourth-order valence-corrected chi connectivity index (χ4v) is 0.942. The van der Waals surface area contributed by atoms with Gasteiger partial charge in [-0.25, -0.2) is 9.98 Å². The molecule has 4 heteroatoms. The summed E-state index contributed by atoms with van der Waals surface area (Å²) in [7, 11) is 3.20. The second kappa shape index (κ2) is 3.37. The van der Waals surface area contributed by atoms with Gasteiger partial charge in [0.25, 0.3) is 0 Å². The van der Waals surface area contributed by atoms with Crippen molar-refractivity contribution in [1.82, 2.24) is 0 Å². The monoisotopic (exact) mass is 156 g/mol. The SMILES string of the molecule is COC1=NC(C)C(OC)=NC1. The van der Waals surface area contributed by atoms with Crippen molar-refractivity contribution in [3.05, 3.63) is 0 Å². The zero-order valence-electron chi connectivity index (χ0n) is 7.00. The Morgan fingerprint density at radius 1 is 1.36 bits per heavy atom. The molecule has 0 aromatic carbocycles. The number of nitrogens with zero attached hydrogens (tertiary/aromatic N) is 2. The van der Waals surface area contributed by atoms with E-state index in [4.69, 9.17) is 9.47 Å². The molecule has 1 atom stereocenters. The lowest BCUT2D eigenvalue weighted by Crippen LogP contribution is -2.26. The van der Waals surface area contributed by atoms with E-state index >= 15 is 0 Å². The summed E-state index contributed by atoms with van der Waals surface area (Å²) in [5, 5.41) is 0. The molecule has 0 saturated carbocycles. The summed E-state index contributed by atoms with van der Waals surface area (Å²) < 4.78 is 9.93. The molecule has 11 heavy (non-hydrogen) atoms. The van der Waals surface area contributed by atoms with E-state index in [-0.39, 0.29) is 6.04 Å². The summed E-state index contributed by atoms with van der Waals surface area (Å²) in [6.07, 6.45) is 0. The van der Waals surface area contributed by atoms with Crippen molar-refractivity contribution >= 4 is 11.8 Å². The Bertz CT molecular complexity index is 199. The molecule has 0 spiro atoms. The Kier molecular flexibility index (Phi) is 2.46. The molecule has 0 aromatic rings. The van der Waals surface area contributed by atoms with E-state index in [0.717, 1.165) is 0 Å². The average molecular weight is 156 g/mol. The van der Waals surface area contributed by atoms with Gasteiger partial charge in [-0.15, -0.1) is 0 Å². The molecule has 0 bridgehead atoms. The van der Waals surface area contributed by atoms with E-state index in [9.17, 15) is 0 Å². The Morgan fingerprint density at radius 3 is 2.55 bits per heavy atom. The number of rotatable bonds is 0. The van der Waals surface area contributed by atoms with E-state index in [2.05, 4.69) is 9.98 Å². The van der Waals surface area contributed by atoms with E-state index in [1.807, 2.05) is 6.92 Å². The highest BCUT2D eigenvalue weighted by Gasteiger charge is 2.15. The summed E-state index contributed by atoms with van der Waals surface area (Å²) in [5.74, 6) is 1.34. The normalized spacial score (nSPS) is 23.7. The summed E-state index contributed by atoms with van der Waals surface area (Å²) in [6.45, 7) is 2.41. The molecule has 0 N–H and O–H groups in total. The van der Waals surface area contributed by atoms with Crippen LogP contribution in [0.25, 0.3) is 0 Å². The highest BCUT2D eigenvalue weighted by Crippen LogP contribution is 2.03. The van der Waals surface area contributed by atoms with Crippen molar-refractivity contribution in [2.45, 2.75) is 13.0 Å². The zero-order chi connectivity index (χ0) is 8.27. The lowest BCUT2D eigenvalue weighted by molar-refractivity contribution is 0.363. The van der Waals surface area contributed by atoms with E-state index < -0.39 is 0 Å². The zero-order valence-corrected chi connectivity index (χ0v) is 7.00. The topological polar surface area (TPSA) is 43.2 Å². The van der Waals surface area contributed by atoms with Crippen LogP contribution in [0.1, 0.15) is 6.92 Å². The van der Waals surface area contributed by atoms with Gasteiger partial charge in [0, 0.05) is 0 Å². The van der Waals surface area contributed by atoms with Gasteiger partial charge in [0.2, 0.25) is 11.8 Å². The van der Waals surface area contributed by atoms with Crippen LogP contribution in [0.2, 0.25) is 0 Å². The molecule has 0 aromatic heterocycles. The highest BCUT2D eigenvalue weighted by molar-refractivity contribution is 5.91. The van der Waals surface area contributed by atoms with Crippen LogP contribution in [0.15, 0.2) is 9.98 Å². The van der Waals surface area contributed by atoms with Crippen molar-refractivity contribution in [2.75, 3.05) is 20.8 Å². The standard InChI is InChI=1S/C7H12N2O2/c1-5-7(11-3)8-4-6(9-5)10-2/h5H,4H2,1-3H3. The van der Waals surface area contributed by atoms with Gasteiger partial charge in [0.15, 0.2) is 0 Å². The Balaban J connectivity index is 2.63. The van der Waals surface area contributed by atoms with Crippen molar-refractivity contribution in [3.8, 4) is 0 Å². The van der Waals surface area contributed by atoms with Gasteiger partial charge >= 0.3 is 0 Å². The predicted octanol–water partition coefficient (Wildman–Crippen LogP) is 0.478. The molecule has 0 aliphatic carbocycles. The van der Waals surface area contributed by atoms with Gasteiger partial charge in [-0.05, 0) is 6.92 Å². The Labute approximate surface area is 65.9 Å². The van der Waals surface area contributed by atoms with Gasteiger partial charge in [-0.1, -0.05) is 0 Å². The van der Waals surface area contributed by atoms with Gasteiger partial charge in [0.1, 0.15) is 12.6 Å². The van der Waals surface area contributed by atoms with Crippen LogP contribution < -0.4 is 0 Å². The number of ether oxygens (including phenoxy) is 2. The van der Waals surface area contributed by atoms with Gasteiger partial charge in [-0.3, -0.25) is 0 Å². The maximum Gasteiger partial charge on any atom is 0.208 e. The lowest BCUT2D eigenvalue weighted by atomic mass is 10.3. The van der Waals surface area contributed by atoms with Crippen LogP contribution in [-0.4, -0.2) is 38.6 Å². The van der Waals surface area contributed by atoms with Crippen LogP contribution in [0.5, 0.6) is 0 Å². The smallest absolute Gasteiger partial charge is 0.208 e. The summed E-state index contributed by atoms with van der Waals surface area (Å²) in [6, 6.07) is -0.0105. The van der Waals surface area contributed by atoms with Crippen LogP contribution in [-0.2, 0) is 9.47 Å². The molecule has 1 rings (SSSR count). The molecule has 0 radical (unpaired) electrons. The van der Waals surface area contributed by atoms with E-state index in [1.165, 1.54) is 0 Å². The number of methoxy groups -OCH3 is 2. The highest BCUT2D eigenvalue weighted by atomic mass is 16.5. The minimum absolute atomic E-state index is 0.0105. The van der Waals surface area contributed by atoms with Crippen molar-refractivity contribution in [1.29, 1.82) is 0 Å². The van der Waals surface area contributed by atoms with Gasteiger partial charge in [-0.2, -0.15) is 0 Å². The first kappa shape index (κ1) is 8.04. The molecule has 62 valence electrons. The molecule has 1 aliphatic heterocycles. The Hall–Kier alpha value is -1.06. The van der Waals surface area contributed by atoms with Gasteiger partial charge < -0.3 is 9.47 Å². The average Bonchev–Trinajstić information content (AvgIpc) is 2.04. The van der Waals surface area contributed by atoms with Crippen molar-refractivity contribution < 1.29 is 9.47 Å². The van der Waals surface area contributed by atoms with Crippen LogP contribution >= 0.6 is 0 Å². The molecule has 0 amide bonds. The number of aliphatic imine (C=N–C) groups is 2. The quantitative estimate of drug-likeness (QED) is 0.512. The minimum Gasteiger partial charge on any atom is -0.483 e. The van der Waals surface area contributed by atoms with Crippen LogP contribution in [0.3, 0.4) is 0 Å². The summed E-state index contributed by atoms with van der Waals surface area (Å²) >= 11 is 0.